The number of rotatable bonds is 10. The Balaban J connectivity index is 2.63. The molecule has 1 rings (SSSR count). The molecule has 0 bridgehead atoms. The highest BCUT2D eigenvalue weighted by atomic mass is 16.5. The van der Waals surface area contributed by atoms with Crippen molar-refractivity contribution in [3.8, 4) is 0 Å². The maximum Gasteiger partial charge on any atom is 0.0615 e. The lowest BCUT2D eigenvalue weighted by Gasteiger charge is -2.25. The van der Waals surface area contributed by atoms with E-state index in [0.29, 0.717) is 12.1 Å². The van der Waals surface area contributed by atoms with Crippen LogP contribution in [-0.4, -0.2) is 19.8 Å². The van der Waals surface area contributed by atoms with Crippen molar-refractivity contribution in [2.24, 2.45) is 0 Å². The van der Waals surface area contributed by atoms with Crippen molar-refractivity contribution in [3.05, 3.63) is 35.9 Å². The standard InChI is InChI=1S/C17H29NO/c1-4-6-8-13-17(15-11-9-7-10-12-15)18-16(5-2)14-19-3/h7,9-12,16-18H,4-6,8,13-14H2,1-3H3. The lowest BCUT2D eigenvalue weighted by Crippen LogP contribution is -2.35. The van der Waals surface area contributed by atoms with Crippen molar-refractivity contribution in [1.29, 1.82) is 0 Å². The molecular formula is C17H29NO. The molecule has 2 unspecified atom stereocenters. The summed E-state index contributed by atoms with van der Waals surface area (Å²) in [7, 11) is 1.78. The Morgan fingerprint density at radius 3 is 2.42 bits per heavy atom. The summed E-state index contributed by atoms with van der Waals surface area (Å²) in [5.74, 6) is 0. The van der Waals surface area contributed by atoms with Gasteiger partial charge in [-0.05, 0) is 18.4 Å². The van der Waals surface area contributed by atoms with E-state index in [0.717, 1.165) is 13.0 Å². The molecule has 108 valence electrons. The smallest absolute Gasteiger partial charge is 0.0615 e. The van der Waals surface area contributed by atoms with Crippen molar-refractivity contribution in [3.63, 3.8) is 0 Å². The molecule has 1 N–H and O–H groups in total. The van der Waals surface area contributed by atoms with E-state index in [2.05, 4.69) is 49.5 Å². The number of hydrogen-bond donors (Lipinski definition) is 1. The molecule has 0 saturated carbocycles. The zero-order valence-electron chi connectivity index (χ0n) is 12.7. The Kier molecular flexibility index (Phi) is 8.52. The number of ether oxygens (including phenoxy) is 1. The van der Waals surface area contributed by atoms with Gasteiger partial charge in [-0.1, -0.05) is 63.4 Å². The minimum absolute atomic E-state index is 0.442. The number of benzene rings is 1. The summed E-state index contributed by atoms with van der Waals surface area (Å²) < 4.78 is 5.29. The molecule has 0 radical (unpaired) electrons. The third kappa shape index (κ3) is 6.22. The Bertz CT molecular complexity index is 312. The predicted octanol–water partition coefficient (Wildman–Crippen LogP) is 4.32. The van der Waals surface area contributed by atoms with Crippen molar-refractivity contribution in [2.75, 3.05) is 13.7 Å². The maximum absolute atomic E-state index is 5.29. The summed E-state index contributed by atoms with van der Waals surface area (Å²) in [5, 5.41) is 3.75. The van der Waals surface area contributed by atoms with E-state index in [9.17, 15) is 0 Å². The van der Waals surface area contributed by atoms with Crippen LogP contribution >= 0.6 is 0 Å². The van der Waals surface area contributed by atoms with Crippen LogP contribution in [0.1, 0.15) is 57.6 Å². The van der Waals surface area contributed by atoms with Crippen molar-refractivity contribution < 1.29 is 4.74 Å². The van der Waals surface area contributed by atoms with E-state index in [-0.39, 0.29) is 0 Å². The molecule has 0 fully saturated rings. The summed E-state index contributed by atoms with van der Waals surface area (Å²) >= 11 is 0. The molecule has 0 saturated heterocycles. The van der Waals surface area contributed by atoms with Gasteiger partial charge in [0.25, 0.3) is 0 Å². The fraction of sp³-hybridized carbons (Fsp3) is 0.647. The van der Waals surface area contributed by atoms with E-state index in [1.807, 2.05) is 0 Å². The molecule has 0 aliphatic heterocycles. The average molecular weight is 263 g/mol. The molecular weight excluding hydrogens is 234 g/mol. The molecule has 0 amide bonds. The van der Waals surface area contributed by atoms with Gasteiger partial charge >= 0.3 is 0 Å². The van der Waals surface area contributed by atoms with Gasteiger partial charge in [-0.2, -0.15) is 0 Å². The predicted molar refractivity (Wildman–Crippen MR) is 82.4 cm³/mol. The van der Waals surface area contributed by atoms with Gasteiger partial charge in [-0.25, -0.2) is 0 Å². The Labute approximate surface area is 118 Å². The lowest BCUT2D eigenvalue weighted by molar-refractivity contribution is 0.157. The monoisotopic (exact) mass is 263 g/mol. The van der Waals surface area contributed by atoms with Crippen LogP contribution in [-0.2, 0) is 4.74 Å². The first kappa shape index (κ1) is 16.2. The fourth-order valence-corrected chi connectivity index (χ4v) is 2.40. The summed E-state index contributed by atoms with van der Waals surface area (Å²) in [6.07, 6.45) is 6.18. The normalized spacial score (nSPS) is 14.3. The first-order chi connectivity index (χ1) is 9.31. The van der Waals surface area contributed by atoms with Gasteiger partial charge in [0.1, 0.15) is 0 Å². The first-order valence-electron chi connectivity index (χ1n) is 7.61. The maximum atomic E-state index is 5.29. The first-order valence-corrected chi connectivity index (χ1v) is 7.61. The Morgan fingerprint density at radius 2 is 1.84 bits per heavy atom. The molecule has 0 heterocycles. The minimum Gasteiger partial charge on any atom is -0.383 e. The van der Waals surface area contributed by atoms with Gasteiger partial charge in [0.2, 0.25) is 0 Å². The second kappa shape index (κ2) is 9.99. The molecule has 2 heteroatoms. The Morgan fingerprint density at radius 1 is 1.11 bits per heavy atom. The van der Waals surface area contributed by atoms with Crippen LogP contribution in [0, 0.1) is 0 Å². The fourth-order valence-electron chi connectivity index (χ4n) is 2.40. The van der Waals surface area contributed by atoms with Crippen LogP contribution in [0.2, 0.25) is 0 Å². The summed E-state index contributed by atoms with van der Waals surface area (Å²) in [4.78, 5) is 0. The molecule has 2 nitrogen and oxygen atoms in total. The van der Waals surface area contributed by atoms with Gasteiger partial charge in [-0.15, -0.1) is 0 Å². The third-order valence-corrected chi connectivity index (χ3v) is 3.60. The van der Waals surface area contributed by atoms with Crippen LogP contribution in [0.15, 0.2) is 30.3 Å². The molecule has 0 aliphatic carbocycles. The molecule has 19 heavy (non-hydrogen) atoms. The van der Waals surface area contributed by atoms with Crippen LogP contribution < -0.4 is 5.32 Å². The zero-order valence-corrected chi connectivity index (χ0v) is 12.7. The molecule has 0 aromatic heterocycles. The van der Waals surface area contributed by atoms with Crippen LogP contribution in [0.4, 0.5) is 0 Å². The van der Waals surface area contributed by atoms with Crippen molar-refractivity contribution in [2.45, 2.75) is 58.0 Å². The van der Waals surface area contributed by atoms with E-state index in [1.54, 1.807) is 7.11 Å². The van der Waals surface area contributed by atoms with E-state index in [4.69, 9.17) is 4.74 Å². The van der Waals surface area contributed by atoms with Gasteiger partial charge < -0.3 is 10.1 Å². The summed E-state index contributed by atoms with van der Waals surface area (Å²) in [6, 6.07) is 11.7. The van der Waals surface area contributed by atoms with E-state index in [1.165, 1.54) is 31.2 Å². The van der Waals surface area contributed by atoms with Crippen LogP contribution in [0.25, 0.3) is 0 Å². The van der Waals surface area contributed by atoms with E-state index < -0.39 is 0 Å². The van der Waals surface area contributed by atoms with Gasteiger partial charge in [0, 0.05) is 19.2 Å². The molecule has 2 atom stereocenters. The molecule has 0 spiro atoms. The molecule has 0 aliphatic rings. The van der Waals surface area contributed by atoms with Gasteiger partial charge in [0.05, 0.1) is 6.61 Å². The molecule has 1 aromatic rings. The zero-order chi connectivity index (χ0) is 13.9. The Hall–Kier alpha value is -0.860. The third-order valence-electron chi connectivity index (χ3n) is 3.60. The second-order valence-corrected chi connectivity index (χ2v) is 5.19. The van der Waals surface area contributed by atoms with Crippen molar-refractivity contribution >= 4 is 0 Å². The number of unbranched alkanes of at least 4 members (excludes halogenated alkanes) is 2. The summed E-state index contributed by atoms with van der Waals surface area (Å²) in [6.45, 7) is 5.25. The minimum atomic E-state index is 0.442. The van der Waals surface area contributed by atoms with Gasteiger partial charge in [-0.3, -0.25) is 0 Å². The quantitative estimate of drug-likeness (QED) is 0.635. The largest absolute Gasteiger partial charge is 0.383 e. The van der Waals surface area contributed by atoms with Gasteiger partial charge in [0.15, 0.2) is 0 Å². The highest BCUT2D eigenvalue weighted by Gasteiger charge is 2.15. The number of hydrogen-bond acceptors (Lipinski definition) is 2. The highest BCUT2D eigenvalue weighted by molar-refractivity contribution is 5.19. The summed E-state index contributed by atoms with van der Waals surface area (Å²) in [5.41, 5.74) is 1.40. The van der Waals surface area contributed by atoms with Crippen molar-refractivity contribution in [1.82, 2.24) is 5.32 Å². The number of methoxy groups -OCH3 is 1. The second-order valence-electron chi connectivity index (χ2n) is 5.19. The van der Waals surface area contributed by atoms with Crippen LogP contribution in [0.3, 0.4) is 0 Å². The lowest BCUT2D eigenvalue weighted by atomic mass is 9.99. The topological polar surface area (TPSA) is 21.3 Å². The highest BCUT2D eigenvalue weighted by Crippen LogP contribution is 2.21. The SMILES string of the molecule is CCCCCC(NC(CC)COC)c1ccccc1. The molecule has 1 aromatic carbocycles. The average Bonchev–Trinajstić information content (AvgIpc) is 2.46. The van der Waals surface area contributed by atoms with E-state index >= 15 is 0 Å². The van der Waals surface area contributed by atoms with Crippen LogP contribution in [0.5, 0.6) is 0 Å². The number of nitrogens with one attached hydrogen (secondary N) is 1.